The quantitative estimate of drug-likeness (QED) is 0.819. The fourth-order valence-electron chi connectivity index (χ4n) is 2.56. The van der Waals surface area contributed by atoms with Gasteiger partial charge in [0.1, 0.15) is 5.76 Å². The molecule has 0 aliphatic carbocycles. The number of furan rings is 1. The highest BCUT2D eigenvalue weighted by molar-refractivity contribution is 5.83. The molecule has 1 aromatic heterocycles. The van der Waals surface area contributed by atoms with Gasteiger partial charge in [-0.1, -0.05) is 46.8 Å². The van der Waals surface area contributed by atoms with Crippen molar-refractivity contribution < 1.29 is 9.15 Å². The average Bonchev–Trinajstić information content (AvgIpc) is 2.84. The highest BCUT2D eigenvalue weighted by Crippen LogP contribution is 2.37. The lowest BCUT2D eigenvalue weighted by atomic mass is 9.85. The molecular weight excluding hydrogens is 262 g/mol. The normalized spacial score (nSPS) is 13.6. The minimum absolute atomic E-state index is 0.0916. The van der Waals surface area contributed by atoms with Crippen LogP contribution in [0.3, 0.4) is 0 Å². The fraction of sp³-hybridized carbons (Fsp3) is 0.556. The average molecular weight is 289 g/mol. The topological polar surface area (TPSA) is 34.4 Å². The minimum atomic E-state index is 0.0916. The third-order valence-electron chi connectivity index (χ3n) is 3.55. The monoisotopic (exact) mass is 289 g/mol. The summed E-state index contributed by atoms with van der Waals surface area (Å²) in [6, 6.07) is 8.39. The van der Waals surface area contributed by atoms with Gasteiger partial charge in [0.15, 0.2) is 11.3 Å². The summed E-state index contributed by atoms with van der Waals surface area (Å²) in [5.41, 5.74) is 0.946. The third kappa shape index (κ3) is 3.59. The van der Waals surface area contributed by atoms with Crippen molar-refractivity contribution in [2.24, 2.45) is 5.41 Å². The Bertz CT molecular complexity index is 580. The van der Waals surface area contributed by atoms with E-state index in [2.05, 4.69) is 52.1 Å². The van der Waals surface area contributed by atoms with Gasteiger partial charge < -0.3 is 14.5 Å². The molecule has 3 nitrogen and oxygen atoms in total. The van der Waals surface area contributed by atoms with Gasteiger partial charge in [0, 0.05) is 5.39 Å². The second-order valence-corrected chi connectivity index (χ2v) is 6.53. The number of rotatable bonds is 6. The van der Waals surface area contributed by atoms with Crippen LogP contribution in [0, 0.1) is 5.41 Å². The van der Waals surface area contributed by atoms with E-state index < -0.39 is 0 Å². The zero-order valence-corrected chi connectivity index (χ0v) is 13.8. The van der Waals surface area contributed by atoms with Gasteiger partial charge in [-0.2, -0.15) is 0 Å². The summed E-state index contributed by atoms with van der Waals surface area (Å²) in [5, 5.41) is 4.63. The van der Waals surface area contributed by atoms with Crippen molar-refractivity contribution in [3.05, 3.63) is 30.0 Å². The summed E-state index contributed by atoms with van der Waals surface area (Å²) in [7, 11) is 0. The Morgan fingerprint density at radius 2 is 2.00 bits per heavy atom. The van der Waals surface area contributed by atoms with E-state index in [4.69, 9.17) is 9.15 Å². The van der Waals surface area contributed by atoms with E-state index in [9.17, 15) is 0 Å². The molecule has 1 N–H and O–H groups in total. The lowest BCUT2D eigenvalue weighted by Crippen LogP contribution is -2.31. The van der Waals surface area contributed by atoms with Crippen molar-refractivity contribution in [1.29, 1.82) is 0 Å². The zero-order chi connectivity index (χ0) is 15.5. The molecule has 2 aromatic rings. The first-order chi connectivity index (χ1) is 9.97. The highest BCUT2D eigenvalue weighted by Gasteiger charge is 2.28. The number of nitrogens with one attached hydrogen (secondary N) is 1. The SMILES string of the molecule is CCCOc1cccc2cc(C(NCC)C(C)(C)C)oc12. The second kappa shape index (κ2) is 6.52. The largest absolute Gasteiger partial charge is 0.490 e. The van der Waals surface area contributed by atoms with Crippen LogP contribution in [-0.2, 0) is 0 Å². The van der Waals surface area contributed by atoms with Gasteiger partial charge in [-0.25, -0.2) is 0 Å². The lowest BCUT2D eigenvalue weighted by Gasteiger charge is -2.29. The van der Waals surface area contributed by atoms with Crippen molar-refractivity contribution in [3.63, 3.8) is 0 Å². The number of fused-ring (bicyclic) bond motifs is 1. The summed E-state index contributed by atoms with van der Waals surface area (Å²) < 4.78 is 11.9. The van der Waals surface area contributed by atoms with Crippen molar-refractivity contribution in [2.75, 3.05) is 13.2 Å². The Labute approximate surface area is 127 Å². The van der Waals surface area contributed by atoms with E-state index in [0.29, 0.717) is 6.61 Å². The molecule has 0 spiro atoms. The minimum Gasteiger partial charge on any atom is -0.490 e. The van der Waals surface area contributed by atoms with Crippen LogP contribution in [0.5, 0.6) is 5.75 Å². The number of hydrogen-bond donors (Lipinski definition) is 1. The van der Waals surface area contributed by atoms with E-state index in [1.807, 2.05) is 12.1 Å². The Kier molecular flexibility index (Phi) is 4.94. The molecule has 1 unspecified atom stereocenters. The van der Waals surface area contributed by atoms with Gasteiger partial charge >= 0.3 is 0 Å². The molecule has 0 saturated heterocycles. The van der Waals surface area contributed by atoms with Crippen LogP contribution in [0.2, 0.25) is 0 Å². The predicted octanol–water partition coefficient (Wildman–Crippen LogP) is 4.92. The third-order valence-corrected chi connectivity index (χ3v) is 3.55. The second-order valence-electron chi connectivity index (χ2n) is 6.53. The molecule has 1 heterocycles. The molecule has 116 valence electrons. The number of benzene rings is 1. The number of hydrogen-bond acceptors (Lipinski definition) is 3. The van der Waals surface area contributed by atoms with Crippen LogP contribution in [0.15, 0.2) is 28.7 Å². The standard InChI is InChI=1S/C18H27NO2/c1-6-11-20-14-10-8-9-13-12-15(21-16(13)14)17(19-7-2)18(3,4)5/h8-10,12,17,19H,6-7,11H2,1-5H3. The van der Waals surface area contributed by atoms with E-state index in [1.165, 1.54) is 0 Å². The van der Waals surface area contributed by atoms with Crippen LogP contribution in [0.4, 0.5) is 0 Å². The van der Waals surface area contributed by atoms with Crippen LogP contribution in [0.25, 0.3) is 11.0 Å². The maximum atomic E-state index is 6.15. The first-order valence-corrected chi connectivity index (χ1v) is 7.86. The molecule has 2 rings (SSSR count). The highest BCUT2D eigenvalue weighted by atomic mass is 16.5. The van der Waals surface area contributed by atoms with E-state index in [0.717, 1.165) is 35.4 Å². The van der Waals surface area contributed by atoms with Gasteiger partial charge in [-0.3, -0.25) is 0 Å². The summed E-state index contributed by atoms with van der Waals surface area (Å²) in [4.78, 5) is 0. The Morgan fingerprint density at radius 1 is 1.24 bits per heavy atom. The first kappa shape index (κ1) is 15.9. The Hall–Kier alpha value is -1.48. The van der Waals surface area contributed by atoms with Crippen LogP contribution >= 0.6 is 0 Å². The van der Waals surface area contributed by atoms with Gasteiger partial charge in [0.25, 0.3) is 0 Å². The van der Waals surface area contributed by atoms with E-state index >= 15 is 0 Å². The summed E-state index contributed by atoms with van der Waals surface area (Å²) in [6.07, 6.45) is 0.992. The lowest BCUT2D eigenvalue weighted by molar-refractivity contribution is 0.243. The van der Waals surface area contributed by atoms with Gasteiger partial charge in [0.05, 0.1) is 12.6 Å². The van der Waals surface area contributed by atoms with Crippen LogP contribution in [-0.4, -0.2) is 13.2 Å². The number of ether oxygens (including phenoxy) is 1. The maximum Gasteiger partial charge on any atom is 0.176 e. The molecular formula is C18H27NO2. The first-order valence-electron chi connectivity index (χ1n) is 7.86. The van der Waals surface area contributed by atoms with Crippen LogP contribution in [0.1, 0.15) is 52.8 Å². The predicted molar refractivity (Wildman–Crippen MR) is 87.9 cm³/mol. The van der Waals surface area contributed by atoms with Crippen LogP contribution < -0.4 is 10.1 Å². The molecule has 0 radical (unpaired) electrons. The smallest absolute Gasteiger partial charge is 0.176 e. The Balaban J connectivity index is 2.41. The van der Waals surface area contributed by atoms with Crippen molar-refractivity contribution in [2.45, 2.75) is 47.1 Å². The van der Waals surface area contributed by atoms with Gasteiger partial charge in [0.2, 0.25) is 0 Å². The molecule has 0 fully saturated rings. The van der Waals surface area contributed by atoms with Crippen molar-refractivity contribution in [3.8, 4) is 5.75 Å². The molecule has 3 heteroatoms. The molecule has 21 heavy (non-hydrogen) atoms. The molecule has 0 aliphatic rings. The van der Waals surface area contributed by atoms with Crippen molar-refractivity contribution >= 4 is 11.0 Å². The van der Waals surface area contributed by atoms with Gasteiger partial charge in [-0.05, 0) is 30.5 Å². The molecule has 0 saturated carbocycles. The fourth-order valence-corrected chi connectivity index (χ4v) is 2.56. The van der Waals surface area contributed by atoms with E-state index in [1.54, 1.807) is 0 Å². The van der Waals surface area contributed by atoms with Crippen molar-refractivity contribution in [1.82, 2.24) is 5.32 Å². The molecule has 0 aliphatic heterocycles. The molecule has 1 aromatic carbocycles. The maximum absolute atomic E-state index is 6.15. The Morgan fingerprint density at radius 3 is 2.62 bits per heavy atom. The summed E-state index contributed by atoms with van der Waals surface area (Å²) in [5.74, 6) is 1.82. The van der Waals surface area contributed by atoms with E-state index in [-0.39, 0.29) is 11.5 Å². The zero-order valence-electron chi connectivity index (χ0n) is 13.8. The summed E-state index contributed by atoms with van der Waals surface area (Å²) in [6.45, 7) is 12.5. The molecule has 0 amide bonds. The van der Waals surface area contributed by atoms with Gasteiger partial charge in [-0.15, -0.1) is 0 Å². The molecule has 1 atom stereocenters. The summed E-state index contributed by atoms with van der Waals surface area (Å²) >= 11 is 0. The number of para-hydroxylation sites is 1. The molecule has 0 bridgehead atoms.